The summed E-state index contributed by atoms with van der Waals surface area (Å²) in [4.78, 5) is 2.14. The number of likely N-dealkylation sites (N-methyl/N-ethyl adjacent to an activating group) is 1. The average Bonchev–Trinajstić information content (AvgIpc) is 2.38. The molecule has 0 bridgehead atoms. The smallest absolute Gasteiger partial charge is 0.0897 e. The maximum absolute atomic E-state index is 9.91. The van der Waals surface area contributed by atoms with Crippen molar-refractivity contribution in [3.05, 3.63) is 12.2 Å². The number of hydrogen-bond acceptors (Lipinski definition) is 4. The maximum Gasteiger partial charge on any atom is 0.0897 e. The van der Waals surface area contributed by atoms with Crippen LogP contribution >= 0.6 is 0 Å². The number of rotatable bonds is 9. The van der Waals surface area contributed by atoms with Crippen LogP contribution in [0.3, 0.4) is 0 Å². The molecule has 118 valence electrons. The molecular formula is C16H32N2O2. The summed E-state index contributed by atoms with van der Waals surface area (Å²) in [6.07, 6.45) is 6.34. The molecule has 0 fully saturated rings. The Morgan fingerprint density at radius 1 is 1.35 bits per heavy atom. The zero-order valence-corrected chi connectivity index (χ0v) is 13.5. The normalized spacial score (nSPS) is 25.9. The van der Waals surface area contributed by atoms with Gasteiger partial charge < -0.3 is 20.1 Å². The van der Waals surface area contributed by atoms with E-state index in [1.54, 1.807) is 0 Å². The highest BCUT2D eigenvalue weighted by atomic mass is 16.5. The van der Waals surface area contributed by atoms with Crippen molar-refractivity contribution in [2.75, 3.05) is 40.4 Å². The Bertz CT molecular complexity index is 282. The van der Waals surface area contributed by atoms with Crippen LogP contribution in [0.4, 0.5) is 0 Å². The Labute approximate surface area is 124 Å². The van der Waals surface area contributed by atoms with E-state index in [0.717, 1.165) is 26.0 Å². The molecule has 4 nitrogen and oxygen atoms in total. The molecule has 4 heteroatoms. The Morgan fingerprint density at radius 3 is 2.70 bits per heavy atom. The lowest BCUT2D eigenvalue weighted by molar-refractivity contribution is 0.0118. The summed E-state index contributed by atoms with van der Waals surface area (Å²) in [5.41, 5.74) is 0. The van der Waals surface area contributed by atoms with E-state index in [0.29, 0.717) is 31.0 Å². The first kappa shape index (κ1) is 17.6. The Balaban J connectivity index is 2.07. The van der Waals surface area contributed by atoms with Gasteiger partial charge in [-0.15, -0.1) is 0 Å². The summed E-state index contributed by atoms with van der Waals surface area (Å²) in [7, 11) is 4.11. The third kappa shape index (κ3) is 7.39. The largest absolute Gasteiger partial charge is 0.389 e. The predicted octanol–water partition coefficient (Wildman–Crippen LogP) is 1.51. The first-order valence-electron chi connectivity index (χ1n) is 7.78. The summed E-state index contributed by atoms with van der Waals surface area (Å²) in [6.45, 7) is 7.15. The highest BCUT2D eigenvalue weighted by Crippen LogP contribution is 2.24. The van der Waals surface area contributed by atoms with Crippen LogP contribution in [-0.4, -0.2) is 62.6 Å². The fourth-order valence-electron chi connectivity index (χ4n) is 2.60. The summed E-state index contributed by atoms with van der Waals surface area (Å²) in [5.74, 6) is 1.29. The Morgan fingerprint density at radius 2 is 2.05 bits per heavy atom. The molecule has 1 aliphatic carbocycles. The first-order chi connectivity index (χ1) is 9.49. The van der Waals surface area contributed by atoms with E-state index in [2.05, 4.69) is 50.3 Å². The van der Waals surface area contributed by atoms with Gasteiger partial charge in [0, 0.05) is 19.1 Å². The molecule has 0 saturated carbocycles. The van der Waals surface area contributed by atoms with Gasteiger partial charge in [0.1, 0.15) is 0 Å². The third-order valence-corrected chi connectivity index (χ3v) is 3.90. The summed E-state index contributed by atoms with van der Waals surface area (Å²) in [6, 6.07) is 0.378. The van der Waals surface area contributed by atoms with E-state index >= 15 is 0 Å². The minimum absolute atomic E-state index is 0.378. The van der Waals surface area contributed by atoms with Gasteiger partial charge in [-0.2, -0.15) is 0 Å². The number of nitrogens with one attached hydrogen (secondary N) is 1. The number of hydrogen-bond donors (Lipinski definition) is 2. The van der Waals surface area contributed by atoms with Crippen molar-refractivity contribution < 1.29 is 9.84 Å². The van der Waals surface area contributed by atoms with Gasteiger partial charge in [-0.25, -0.2) is 0 Å². The van der Waals surface area contributed by atoms with E-state index in [1.807, 2.05) is 0 Å². The lowest BCUT2D eigenvalue weighted by atomic mass is 9.85. The minimum Gasteiger partial charge on any atom is -0.389 e. The zero-order chi connectivity index (χ0) is 15.0. The molecule has 0 spiro atoms. The van der Waals surface area contributed by atoms with Crippen molar-refractivity contribution in [2.45, 2.75) is 38.8 Å². The topological polar surface area (TPSA) is 44.7 Å². The van der Waals surface area contributed by atoms with Crippen molar-refractivity contribution in [3.63, 3.8) is 0 Å². The number of allylic oxidation sites excluding steroid dienone is 2. The summed E-state index contributed by atoms with van der Waals surface area (Å²) >= 11 is 0. The van der Waals surface area contributed by atoms with Crippen molar-refractivity contribution >= 4 is 0 Å². The van der Waals surface area contributed by atoms with Crippen molar-refractivity contribution in [1.82, 2.24) is 10.2 Å². The van der Waals surface area contributed by atoms with Crippen molar-refractivity contribution in [2.24, 2.45) is 11.8 Å². The monoisotopic (exact) mass is 284 g/mol. The second kappa shape index (κ2) is 9.50. The molecule has 0 amide bonds. The van der Waals surface area contributed by atoms with Crippen LogP contribution in [0.1, 0.15) is 26.7 Å². The van der Waals surface area contributed by atoms with Crippen LogP contribution in [0.2, 0.25) is 0 Å². The number of aliphatic hydroxyl groups excluding tert-OH is 1. The molecule has 4 atom stereocenters. The van der Waals surface area contributed by atoms with Crippen LogP contribution in [0, 0.1) is 11.8 Å². The fraction of sp³-hybridized carbons (Fsp3) is 0.875. The molecule has 2 N–H and O–H groups in total. The van der Waals surface area contributed by atoms with E-state index < -0.39 is 6.10 Å². The second-order valence-electron chi connectivity index (χ2n) is 6.44. The highest BCUT2D eigenvalue weighted by molar-refractivity contribution is 4.93. The van der Waals surface area contributed by atoms with E-state index in [4.69, 9.17) is 4.74 Å². The van der Waals surface area contributed by atoms with E-state index in [1.165, 1.54) is 0 Å². The fourth-order valence-corrected chi connectivity index (χ4v) is 2.60. The zero-order valence-electron chi connectivity index (χ0n) is 13.5. The molecular weight excluding hydrogens is 252 g/mol. The molecule has 1 aliphatic rings. The molecule has 0 radical (unpaired) electrons. The Kier molecular flexibility index (Phi) is 8.38. The maximum atomic E-state index is 9.91. The number of nitrogens with zero attached hydrogens (tertiary/aromatic N) is 1. The van der Waals surface area contributed by atoms with Crippen LogP contribution in [0.5, 0.6) is 0 Å². The Hall–Kier alpha value is -0.420. The van der Waals surface area contributed by atoms with Crippen LogP contribution in [0.25, 0.3) is 0 Å². The van der Waals surface area contributed by atoms with Gasteiger partial charge in [0.2, 0.25) is 0 Å². The lowest BCUT2D eigenvalue weighted by Gasteiger charge is -2.25. The quantitative estimate of drug-likeness (QED) is 0.630. The summed E-state index contributed by atoms with van der Waals surface area (Å²) < 4.78 is 5.68. The van der Waals surface area contributed by atoms with Crippen LogP contribution < -0.4 is 5.32 Å². The first-order valence-corrected chi connectivity index (χ1v) is 7.78. The molecule has 0 saturated heterocycles. The predicted molar refractivity (Wildman–Crippen MR) is 83.9 cm³/mol. The summed E-state index contributed by atoms with van der Waals surface area (Å²) in [5, 5.41) is 13.2. The van der Waals surface area contributed by atoms with Crippen LogP contribution in [0.15, 0.2) is 12.2 Å². The molecule has 4 unspecified atom stereocenters. The van der Waals surface area contributed by atoms with Gasteiger partial charge in [0.05, 0.1) is 19.3 Å². The average molecular weight is 284 g/mol. The second-order valence-corrected chi connectivity index (χ2v) is 6.44. The molecule has 0 aromatic carbocycles. The van der Waals surface area contributed by atoms with Gasteiger partial charge in [0.25, 0.3) is 0 Å². The molecule has 0 aliphatic heterocycles. The molecule has 0 aromatic rings. The highest BCUT2D eigenvalue weighted by Gasteiger charge is 2.18. The van der Waals surface area contributed by atoms with Gasteiger partial charge in [-0.05, 0) is 45.7 Å². The molecule has 0 heterocycles. The SMILES string of the molecule is CC(CN(C)C)NCC(O)COCC1CC=CCC1C. The van der Waals surface area contributed by atoms with Gasteiger partial charge in [0.15, 0.2) is 0 Å². The molecule has 20 heavy (non-hydrogen) atoms. The minimum atomic E-state index is -0.422. The third-order valence-electron chi connectivity index (χ3n) is 3.90. The molecule has 1 rings (SSSR count). The van der Waals surface area contributed by atoms with Crippen LogP contribution in [-0.2, 0) is 4.74 Å². The van der Waals surface area contributed by atoms with Gasteiger partial charge >= 0.3 is 0 Å². The van der Waals surface area contributed by atoms with Crippen molar-refractivity contribution in [3.8, 4) is 0 Å². The number of ether oxygens (including phenoxy) is 1. The van der Waals surface area contributed by atoms with E-state index in [9.17, 15) is 5.11 Å². The number of aliphatic hydroxyl groups is 1. The lowest BCUT2D eigenvalue weighted by Crippen LogP contribution is -2.41. The van der Waals surface area contributed by atoms with Crippen molar-refractivity contribution in [1.29, 1.82) is 0 Å². The molecule has 0 aromatic heterocycles. The van der Waals surface area contributed by atoms with E-state index in [-0.39, 0.29) is 0 Å². The van der Waals surface area contributed by atoms with Gasteiger partial charge in [-0.1, -0.05) is 19.1 Å². The standard InChI is InChI=1S/C16H32N2O2/c1-13-7-5-6-8-15(13)11-20-12-16(19)9-17-14(2)10-18(3)4/h5-6,13-17,19H,7-12H2,1-4H3. The van der Waals surface area contributed by atoms with Gasteiger partial charge in [-0.3, -0.25) is 0 Å².